The molecule has 0 aromatic heterocycles. The molecule has 0 unspecified atom stereocenters. The van der Waals surface area contributed by atoms with Crippen LogP contribution in [0.25, 0.3) is 11.1 Å². The molecule has 0 aliphatic carbocycles. The lowest BCUT2D eigenvalue weighted by atomic mass is 9.99. The second-order valence-corrected chi connectivity index (χ2v) is 9.65. The summed E-state index contributed by atoms with van der Waals surface area (Å²) < 4.78 is 25.3. The number of nitrogens with one attached hydrogen (secondary N) is 2. The van der Waals surface area contributed by atoms with Crippen LogP contribution in [-0.4, -0.2) is 43.1 Å². The fraction of sp³-hybridized carbons (Fsp3) is 0.318. The van der Waals surface area contributed by atoms with Gasteiger partial charge in [-0.3, -0.25) is 19.1 Å². The van der Waals surface area contributed by atoms with Crippen LogP contribution < -0.4 is 10.0 Å². The number of carboxylic acid groups (broad SMARTS) is 1. The van der Waals surface area contributed by atoms with Crippen molar-refractivity contribution in [2.45, 2.75) is 38.6 Å². The molecular weight excluding hydrogens is 456 g/mol. The molecule has 0 aliphatic heterocycles. The lowest BCUT2D eigenvalue weighted by Gasteiger charge is -2.19. The Labute approximate surface area is 192 Å². The van der Waals surface area contributed by atoms with E-state index in [-0.39, 0.29) is 31.4 Å². The number of carbonyl (C=O) groups excluding carboxylic acids is 2. The molecule has 10 heteroatoms. The number of halogens is 1. The Morgan fingerprint density at radius 1 is 1.00 bits per heavy atom. The van der Waals surface area contributed by atoms with E-state index in [1.807, 2.05) is 47.2 Å². The van der Waals surface area contributed by atoms with Crippen LogP contribution in [0.1, 0.15) is 31.7 Å². The van der Waals surface area contributed by atoms with E-state index in [1.165, 1.54) is 6.92 Å². The van der Waals surface area contributed by atoms with Gasteiger partial charge in [-0.25, -0.2) is 8.42 Å². The molecule has 0 fully saturated rings. The van der Waals surface area contributed by atoms with Crippen molar-refractivity contribution in [1.29, 1.82) is 0 Å². The molecule has 8 nitrogen and oxygen atoms in total. The lowest BCUT2D eigenvalue weighted by Crippen LogP contribution is -2.42. The summed E-state index contributed by atoms with van der Waals surface area (Å²) in [6.45, 7) is 1.41. The highest BCUT2D eigenvalue weighted by Gasteiger charge is 2.20. The molecule has 0 saturated carbocycles. The summed E-state index contributed by atoms with van der Waals surface area (Å²) in [7, 11) is -3.73. The van der Waals surface area contributed by atoms with Gasteiger partial charge in [0.25, 0.3) is 0 Å². The molecule has 2 aromatic carbocycles. The minimum Gasteiger partial charge on any atom is -0.481 e. The topological polar surface area (TPSA) is 130 Å². The maximum absolute atomic E-state index is 12.2. The van der Waals surface area contributed by atoms with Crippen molar-refractivity contribution >= 4 is 39.4 Å². The maximum Gasteiger partial charge on any atom is 0.303 e. The zero-order valence-electron chi connectivity index (χ0n) is 17.5. The predicted molar refractivity (Wildman–Crippen MR) is 122 cm³/mol. The van der Waals surface area contributed by atoms with Crippen molar-refractivity contribution in [3.63, 3.8) is 0 Å². The van der Waals surface area contributed by atoms with E-state index in [9.17, 15) is 22.8 Å². The van der Waals surface area contributed by atoms with Crippen molar-refractivity contribution in [3.05, 3.63) is 59.1 Å². The molecule has 2 aromatic rings. The van der Waals surface area contributed by atoms with Crippen molar-refractivity contribution in [2.24, 2.45) is 0 Å². The second-order valence-electron chi connectivity index (χ2n) is 7.20. The molecule has 0 saturated heterocycles. The van der Waals surface area contributed by atoms with Gasteiger partial charge in [0, 0.05) is 23.9 Å². The van der Waals surface area contributed by atoms with Crippen LogP contribution in [-0.2, 0) is 30.8 Å². The third-order valence-electron chi connectivity index (χ3n) is 4.61. The van der Waals surface area contributed by atoms with E-state index in [0.717, 1.165) is 16.7 Å². The van der Waals surface area contributed by atoms with Crippen LogP contribution in [0.4, 0.5) is 0 Å². The Morgan fingerprint density at radius 2 is 1.69 bits per heavy atom. The number of hydrogen-bond acceptors (Lipinski definition) is 5. The number of carboxylic acids is 1. The first-order valence-electron chi connectivity index (χ1n) is 9.97. The summed E-state index contributed by atoms with van der Waals surface area (Å²) in [4.78, 5) is 35.0. The predicted octanol–water partition coefficient (Wildman–Crippen LogP) is 2.76. The smallest absolute Gasteiger partial charge is 0.303 e. The van der Waals surface area contributed by atoms with Crippen LogP contribution in [0.2, 0.25) is 5.02 Å². The van der Waals surface area contributed by atoms with Gasteiger partial charge in [0.15, 0.2) is 0 Å². The van der Waals surface area contributed by atoms with E-state index in [1.54, 1.807) is 6.07 Å². The number of hydrogen-bond donors (Lipinski definition) is 3. The van der Waals surface area contributed by atoms with Crippen LogP contribution in [0.3, 0.4) is 0 Å². The number of rotatable bonds is 11. The zero-order valence-corrected chi connectivity index (χ0v) is 19.1. The molecule has 0 radical (unpaired) electrons. The highest BCUT2D eigenvalue weighted by Crippen LogP contribution is 2.23. The third kappa shape index (κ3) is 8.68. The van der Waals surface area contributed by atoms with Gasteiger partial charge in [0.05, 0.1) is 12.2 Å². The SMILES string of the molecule is CCS(=O)(=O)NC(=O)C[C@@H](Cc1ccc(-c2cccc(Cl)c2)cc1)NC(=O)CCC(=O)O. The van der Waals surface area contributed by atoms with E-state index < -0.39 is 33.8 Å². The van der Waals surface area contributed by atoms with E-state index in [0.29, 0.717) is 5.02 Å². The number of sulfonamides is 1. The third-order valence-corrected chi connectivity index (χ3v) is 6.14. The van der Waals surface area contributed by atoms with Crippen LogP contribution in [0.15, 0.2) is 48.5 Å². The van der Waals surface area contributed by atoms with Gasteiger partial charge < -0.3 is 10.4 Å². The largest absolute Gasteiger partial charge is 0.481 e. The Balaban J connectivity index is 2.12. The number of benzene rings is 2. The number of carbonyl (C=O) groups is 3. The average Bonchev–Trinajstić information content (AvgIpc) is 2.72. The molecule has 2 amide bonds. The quantitative estimate of drug-likeness (QED) is 0.453. The summed E-state index contributed by atoms with van der Waals surface area (Å²) >= 11 is 6.04. The van der Waals surface area contributed by atoms with Crippen molar-refractivity contribution in [2.75, 3.05) is 5.75 Å². The first-order chi connectivity index (χ1) is 15.1. The minimum absolute atomic E-state index is 0.242. The number of aliphatic carboxylic acids is 1. The van der Waals surface area contributed by atoms with Gasteiger partial charge in [-0.05, 0) is 42.2 Å². The van der Waals surface area contributed by atoms with Gasteiger partial charge in [-0.1, -0.05) is 48.0 Å². The normalized spacial score (nSPS) is 12.1. The van der Waals surface area contributed by atoms with Gasteiger partial charge in [-0.15, -0.1) is 0 Å². The lowest BCUT2D eigenvalue weighted by molar-refractivity contribution is -0.139. The van der Waals surface area contributed by atoms with E-state index in [2.05, 4.69) is 5.32 Å². The fourth-order valence-electron chi connectivity index (χ4n) is 2.99. The molecule has 1 atom stereocenters. The van der Waals surface area contributed by atoms with Crippen molar-refractivity contribution in [3.8, 4) is 11.1 Å². The maximum atomic E-state index is 12.2. The Kier molecular flexibility index (Phi) is 9.22. The van der Waals surface area contributed by atoms with Crippen molar-refractivity contribution < 1.29 is 27.9 Å². The van der Waals surface area contributed by atoms with Crippen LogP contribution in [0, 0.1) is 0 Å². The summed E-state index contributed by atoms with van der Waals surface area (Å²) in [5.74, 6) is -2.63. The molecule has 0 aliphatic rings. The molecule has 0 spiro atoms. The standard InChI is InChI=1S/C22H25ClN2O6S/c1-2-32(30,31)25-21(27)14-19(24-20(26)10-11-22(28)29)12-15-6-8-16(9-7-15)17-4-3-5-18(23)13-17/h3-9,13,19H,2,10-12,14H2,1H3,(H,24,26)(H,25,27)(H,28,29)/t19-/m1/s1. The molecular formula is C22H25ClN2O6S. The highest BCUT2D eigenvalue weighted by molar-refractivity contribution is 7.90. The zero-order chi connectivity index (χ0) is 23.7. The van der Waals surface area contributed by atoms with Crippen molar-refractivity contribution in [1.82, 2.24) is 10.0 Å². The summed E-state index contributed by atoms with van der Waals surface area (Å²) in [5, 5.41) is 12.0. The summed E-state index contributed by atoms with van der Waals surface area (Å²) in [6.07, 6.45) is -0.597. The Bertz CT molecular complexity index is 1070. The molecule has 172 valence electrons. The summed E-state index contributed by atoms with van der Waals surface area (Å²) in [6, 6.07) is 14.1. The molecule has 0 bridgehead atoms. The molecule has 0 heterocycles. The van der Waals surface area contributed by atoms with Crippen LogP contribution >= 0.6 is 11.6 Å². The van der Waals surface area contributed by atoms with Gasteiger partial charge in [0.1, 0.15) is 0 Å². The van der Waals surface area contributed by atoms with Gasteiger partial charge in [-0.2, -0.15) is 0 Å². The minimum atomic E-state index is -3.73. The first kappa shape index (κ1) is 25.4. The monoisotopic (exact) mass is 480 g/mol. The van der Waals surface area contributed by atoms with Gasteiger partial charge >= 0.3 is 5.97 Å². The summed E-state index contributed by atoms with van der Waals surface area (Å²) in [5.41, 5.74) is 2.68. The number of amides is 2. The Morgan fingerprint density at radius 3 is 2.28 bits per heavy atom. The Hall–Kier alpha value is -2.91. The van der Waals surface area contributed by atoms with E-state index >= 15 is 0 Å². The molecule has 2 rings (SSSR count). The molecule has 32 heavy (non-hydrogen) atoms. The highest BCUT2D eigenvalue weighted by atomic mass is 35.5. The first-order valence-corrected chi connectivity index (χ1v) is 12.0. The van der Waals surface area contributed by atoms with Gasteiger partial charge in [0.2, 0.25) is 21.8 Å². The molecule has 3 N–H and O–H groups in total. The van der Waals surface area contributed by atoms with Crippen LogP contribution in [0.5, 0.6) is 0 Å². The fourth-order valence-corrected chi connectivity index (χ4v) is 3.76. The average molecular weight is 481 g/mol. The van der Waals surface area contributed by atoms with E-state index in [4.69, 9.17) is 16.7 Å². The second kappa shape index (κ2) is 11.6.